The minimum absolute atomic E-state index is 0.521. The molecule has 0 aromatic rings. The predicted molar refractivity (Wildman–Crippen MR) is 50.9 cm³/mol. The fourth-order valence-electron chi connectivity index (χ4n) is 1.94. The third-order valence-electron chi connectivity index (χ3n) is 2.73. The first-order chi connectivity index (χ1) is 5.18. The highest BCUT2D eigenvalue weighted by Gasteiger charge is 2.20. The van der Waals surface area contributed by atoms with Gasteiger partial charge < -0.3 is 0 Å². The second kappa shape index (κ2) is 4.18. The lowest BCUT2D eigenvalue weighted by atomic mass is 9.84. The Morgan fingerprint density at radius 2 is 2.09 bits per heavy atom. The number of hydrogen-bond donors (Lipinski definition) is 0. The third kappa shape index (κ3) is 3.31. The molecule has 1 heteroatoms. The molecule has 0 heterocycles. The molecule has 2 atom stereocenters. The SMILES string of the molecule is [B]C1CCC(CCC(C)C)C1. The summed E-state index contributed by atoms with van der Waals surface area (Å²) < 4.78 is 0. The van der Waals surface area contributed by atoms with E-state index in [4.69, 9.17) is 7.85 Å². The molecule has 0 aliphatic heterocycles. The number of hydrogen-bond acceptors (Lipinski definition) is 0. The summed E-state index contributed by atoms with van der Waals surface area (Å²) in [7, 11) is 5.83. The molecule has 1 saturated carbocycles. The molecule has 1 aliphatic rings. The van der Waals surface area contributed by atoms with Crippen LogP contribution in [0.2, 0.25) is 5.82 Å². The van der Waals surface area contributed by atoms with Gasteiger partial charge in [0.05, 0.1) is 7.85 Å². The zero-order chi connectivity index (χ0) is 8.27. The van der Waals surface area contributed by atoms with Crippen LogP contribution in [0.5, 0.6) is 0 Å². The van der Waals surface area contributed by atoms with Crippen molar-refractivity contribution >= 4 is 7.85 Å². The maximum atomic E-state index is 5.83. The van der Waals surface area contributed by atoms with E-state index in [1.165, 1.54) is 32.1 Å². The van der Waals surface area contributed by atoms with Gasteiger partial charge in [-0.3, -0.25) is 0 Å². The van der Waals surface area contributed by atoms with E-state index in [9.17, 15) is 0 Å². The van der Waals surface area contributed by atoms with E-state index in [1.54, 1.807) is 0 Å². The highest BCUT2D eigenvalue weighted by molar-refractivity contribution is 6.11. The van der Waals surface area contributed by atoms with Crippen LogP contribution < -0.4 is 0 Å². The van der Waals surface area contributed by atoms with E-state index in [0.717, 1.165) is 11.8 Å². The molecule has 0 N–H and O–H groups in total. The van der Waals surface area contributed by atoms with Crippen LogP contribution in [0.1, 0.15) is 46.0 Å². The van der Waals surface area contributed by atoms with Gasteiger partial charge in [0.1, 0.15) is 0 Å². The average Bonchev–Trinajstić information content (AvgIpc) is 2.31. The van der Waals surface area contributed by atoms with Crippen molar-refractivity contribution < 1.29 is 0 Å². The summed E-state index contributed by atoms with van der Waals surface area (Å²) in [6, 6.07) is 0. The van der Waals surface area contributed by atoms with E-state index in [1.807, 2.05) is 0 Å². The van der Waals surface area contributed by atoms with Crippen LogP contribution in [0.25, 0.3) is 0 Å². The van der Waals surface area contributed by atoms with Crippen molar-refractivity contribution in [3.63, 3.8) is 0 Å². The minimum Gasteiger partial charge on any atom is -0.0771 e. The van der Waals surface area contributed by atoms with Crippen molar-refractivity contribution in [1.29, 1.82) is 0 Å². The van der Waals surface area contributed by atoms with Crippen molar-refractivity contribution in [3.05, 3.63) is 0 Å². The van der Waals surface area contributed by atoms with E-state index in [0.29, 0.717) is 5.82 Å². The lowest BCUT2D eigenvalue weighted by Crippen LogP contribution is -1.97. The van der Waals surface area contributed by atoms with Crippen molar-refractivity contribution in [2.45, 2.75) is 51.8 Å². The molecule has 62 valence electrons. The summed E-state index contributed by atoms with van der Waals surface area (Å²) in [6.45, 7) is 4.60. The van der Waals surface area contributed by atoms with Crippen LogP contribution in [-0.4, -0.2) is 7.85 Å². The first-order valence-corrected chi connectivity index (χ1v) is 4.94. The predicted octanol–water partition coefficient (Wildman–Crippen LogP) is 3.18. The molecular formula is C10H19B. The number of rotatable bonds is 3. The first kappa shape index (κ1) is 9.16. The monoisotopic (exact) mass is 150 g/mol. The second-order valence-electron chi connectivity index (χ2n) is 4.41. The van der Waals surface area contributed by atoms with Gasteiger partial charge in [-0.15, -0.1) is 0 Å². The highest BCUT2D eigenvalue weighted by atomic mass is 14.2. The Morgan fingerprint density at radius 3 is 2.55 bits per heavy atom. The first-order valence-electron chi connectivity index (χ1n) is 4.94. The van der Waals surface area contributed by atoms with E-state index < -0.39 is 0 Å². The molecule has 0 amide bonds. The summed E-state index contributed by atoms with van der Waals surface area (Å²) in [5.41, 5.74) is 0. The van der Waals surface area contributed by atoms with Crippen LogP contribution >= 0.6 is 0 Å². The molecule has 0 nitrogen and oxygen atoms in total. The van der Waals surface area contributed by atoms with Gasteiger partial charge >= 0.3 is 0 Å². The molecule has 1 fully saturated rings. The Kier molecular flexibility index (Phi) is 3.48. The topological polar surface area (TPSA) is 0 Å². The summed E-state index contributed by atoms with van der Waals surface area (Å²) in [4.78, 5) is 0. The fourth-order valence-corrected chi connectivity index (χ4v) is 1.94. The van der Waals surface area contributed by atoms with E-state index >= 15 is 0 Å². The van der Waals surface area contributed by atoms with Gasteiger partial charge in [0.15, 0.2) is 0 Å². The van der Waals surface area contributed by atoms with Gasteiger partial charge in [0.2, 0.25) is 0 Å². The van der Waals surface area contributed by atoms with Gasteiger partial charge in [-0.2, -0.15) is 0 Å². The van der Waals surface area contributed by atoms with Gasteiger partial charge in [-0.1, -0.05) is 51.8 Å². The zero-order valence-corrected chi connectivity index (χ0v) is 7.84. The Balaban J connectivity index is 2.08. The van der Waals surface area contributed by atoms with Gasteiger partial charge in [0, 0.05) is 0 Å². The molecule has 0 saturated heterocycles. The Hall–Kier alpha value is 0.0649. The molecule has 1 rings (SSSR count). The fraction of sp³-hybridized carbons (Fsp3) is 1.00. The van der Waals surface area contributed by atoms with Crippen LogP contribution in [0.4, 0.5) is 0 Å². The van der Waals surface area contributed by atoms with Crippen LogP contribution in [0, 0.1) is 11.8 Å². The van der Waals surface area contributed by atoms with Gasteiger partial charge in [0.25, 0.3) is 0 Å². The smallest absolute Gasteiger partial charge is 0.0699 e. The minimum atomic E-state index is 0.521. The molecule has 0 aromatic heterocycles. The van der Waals surface area contributed by atoms with Crippen LogP contribution in [-0.2, 0) is 0 Å². The Morgan fingerprint density at radius 1 is 1.36 bits per heavy atom. The molecule has 1 aliphatic carbocycles. The average molecular weight is 150 g/mol. The normalized spacial score (nSPS) is 31.5. The largest absolute Gasteiger partial charge is 0.0771 e. The third-order valence-corrected chi connectivity index (χ3v) is 2.73. The molecule has 0 bridgehead atoms. The zero-order valence-electron chi connectivity index (χ0n) is 7.84. The molecule has 0 spiro atoms. The summed E-state index contributed by atoms with van der Waals surface area (Å²) >= 11 is 0. The maximum Gasteiger partial charge on any atom is 0.0699 e. The van der Waals surface area contributed by atoms with Gasteiger partial charge in [-0.05, 0) is 11.8 Å². The van der Waals surface area contributed by atoms with Crippen LogP contribution in [0.15, 0.2) is 0 Å². The van der Waals surface area contributed by atoms with Crippen molar-refractivity contribution in [2.24, 2.45) is 11.8 Å². The molecular weight excluding hydrogens is 131 g/mol. The quantitative estimate of drug-likeness (QED) is 0.542. The maximum absolute atomic E-state index is 5.83. The molecule has 2 unspecified atom stereocenters. The second-order valence-corrected chi connectivity index (χ2v) is 4.41. The van der Waals surface area contributed by atoms with Crippen molar-refractivity contribution in [2.75, 3.05) is 0 Å². The lowest BCUT2D eigenvalue weighted by molar-refractivity contribution is 0.432. The summed E-state index contributed by atoms with van der Waals surface area (Å²) in [5.74, 6) is 2.34. The van der Waals surface area contributed by atoms with E-state index in [-0.39, 0.29) is 0 Å². The summed E-state index contributed by atoms with van der Waals surface area (Å²) in [5, 5.41) is 0. The van der Waals surface area contributed by atoms with Crippen molar-refractivity contribution in [3.8, 4) is 0 Å². The van der Waals surface area contributed by atoms with E-state index in [2.05, 4.69) is 13.8 Å². The molecule has 2 radical (unpaired) electrons. The molecule has 11 heavy (non-hydrogen) atoms. The summed E-state index contributed by atoms with van der Waals surface area (Å²) in [6.07, 6.45) is 6.73. The van der Waals surface area contributed by atoms with Gasteiger partial charge in [-0.25, -0.2) is 0 Å². The van der Waals surface area contributed by atoms with Crippen molar-refractivity contribution in [1.82, 2.24) is 0 Å². The standard InChI is InChI=1S/C10H19B/c1-8(2)3-4-9-5-6-10(11)7-9/h8-10H,3-7H2,1-2H3. The highest BCUT2D eigenvalue weighted by Crippen LogP contribution is 2.36. The van der Waals surface area contributed by atoms with Crippen LogP contribution in [0.3, 0.4) is 0 Å². The lowest BCUT2D eigenvalue weighted by Gasteiger charge is -2.10. The Bertz CT molecular complexity index is 109. The molecule has 0 aromatic carbocycles. The Labute approximate surface area is 72.2 Å².